The summed E-state index contributed by atoms with van der Waals surface area (Å²) in [6.07, 6.45) is 4.88. The highest BCUT2D eigenvalue weighted by molar-refractivity contribution is 5.09. The molecule has 0 aliphatic rings. The standard InChI is InChI=1S/C12H23N3/c1-5-6-7-11(13-3)9-12-8-10(2)14-15(12)4/h8,11,13H,5-7,9H2,1-4H3. The summed E-state index contributed by atoms with van der Waals surface area (Å²) in [5.74, 6) is 0. The summed E-state index contributed by atoms with van der Waals surface area (Å²) in [7, 11) is 4.07. The minimum atomic E-state index is 0.583. The van der Waals surface area contributed by atoms with E-state index in [-0.39, 0.29) is 0 Å². The highest BCUT2D eigenvalue weighted by atomic mass is 15.3. The molecule has 1 aromatic heterocycles. The molecule has 1 aromatic rings. The molecule has 0 spiro atoms. The molecule has 1 rings (SSSR count). The van der Waals surface area contributed by atoms with Gasteiger partial charge in [0.15, 0.2) is 0 Å². The Hall–Kier alpha value is -0.830. The molecule has 86 valence electrons. The topological polar surface area (TPSA) is 29.9 Å². The highest BCUT2D eigenvalue weighted by Crippen LogP contribution is 2.09. The van der Waals surface area contributed by atoms with Crippen LogP contribution >= 0.6 is 0 Å². The van der Waals surface area contributed by atoms with Crippen molar-refractivity contribution in [3.05, 3.63) is 17.5 Å². The van der Waals surface area contributed by atoms with Gasteiger partial charge in [0.2, 0.25) is 0 Å². The van der Waals surface area contributed by atoms with Gasteiger partial charge in [0.25, 0.3) is 0 Å². The molecular weight excluding hydrogens is 186 g/mol. The zero-order chi connectivity index (χ0) is 11.3. The van der Waals surface area contributed by atoms with E-state index < -0.39 is 0 Å². The van der Waals surface area contributed by atoms with Gasteiger partial charge in [-0.3, -0.25) is 4.68 Å². The average Bonchev–Trinajstić information content (AvgIpc) is 2.52. The summed E-state index contributed by atoms with van der Waals surface area (Å²) in [4.78, 5) is 0. The van der Waals surface area contributed by atoms with Crippen LogP contribution in [0.1, 0.15) is 37.6 Å². The number of aryl methyl sites for hydroxylation is 2. The van der Waals surface area contributed by atoms with Gasteiger partial charge in [0.1, 0.15) is 0 Å². The molecule has 1 heterocycles. The Morgan fingerprint density at radius 1 is 1.53 bits per heavy atom. The zero-order valence-corrected chi connectivity index (χ0v) is 10.4. The SMILES string of the molecule is CCCCC(Cc1cc(C)nn1C)NC. The van der Waals surface area contributed by atoms with Crippen LogP contribution in [0.4, 0.5) is 0 Å². The van der Waals surface area contributed by atoms with Crippen LogP contribution in [0.5, 0.6) is 0 Å². The van der Waals surface area contributed by atoms with Crippen molar-refractivity contribution in [2.24, 2.45) is 7.05 Å². The number of aromatic nitrogens is 2. The normalized spacial score (nSPS) is 13.1. The van der Waals surface area contributed by atoms with Crippen LogP contribution in [-0.2, 0) is 13.5 Å². The third kappa shape index (κ3) is 3.67. The van der Waals surface area contributed by atoms with E-state index >= 15 is 0 Å². The summed E-state index contributed by atoms with van der Waals surface area (Å²) in [6.45, 7) is 4.28. The zero-order valence-electron chi connectivity index (χ0n) is 10.4. The Labute approximate surface area is 92.9 Å². The predicted molar refractivity (Wildman–Crippen MR) is 64.0 cm³/mol. The fourth-order valence-electron chi connectivity index (χ4n) is 1.91. The summed E-state index contributed by atoms with van der Waals surface area (Å²) >= 11 is 0. The fraction of sp³-hybridized carbons (Fsp3) is 0.750. The van der Waals surface area contributed by atoms with Crippen molar-refractivity contribution in [2.45, 2.75) is 45.6 Å². The molecule has 1 unspecified atom stereocenters. The quantitative estimate of drug-likeness (QED) is 0.777. The van der Waals surface area contributed by atoms with Crippen molar-refractivity contribution in [1.29, 1.82) is 0 Å². The van der Waals surface area contributed by atoms with Crippen molar-refractivity contribution in [3.63, 3.8) is 0 Å². The van der Waals surface area contributed by atoms with Gasteiger partial charge in [-0.1, -0.05) is 19.8 Å². The van der Waals surface area contributed by atoms with Crippen LogP contribution < -0.4 is 5.32 Å². The molecule has 3 heteroatoms. The van der Waals surface area contributed by atoms with E-state index in [1.165, 1.54) is 25.0 Å². The van der Waals surface area contributed by atoms with E-state index in [4.69, 9.17) is 0 Å². The van der Waals surface area contributed by atoms with Crippen molar-refractivity contribution < 1.29 is 0 Å². The summed E-state index contributed by atoms with van der Waals surface area (Å²) in [5.41, 5.74) is 2.43. The smallest absolute Gasteiger partial charge is 0.0596 e. The van der Waals surface area contributed by atoms with Gasteiger partial charge in [-0.15, -0.1) is 0 Å². The van der Waals surface area contributed by atoms with Gasteiger partial charge in [-0.2, -0.15) is 5.10 Å². The van der Waals surface area contributed by atoms with E-state index in [9.17, 15) is 0 Å². The monoisotopic (exact) mass is 209 g/mol. The maximum absolute atomic E-state index is 4.37. The molecule has 1 atom stereocenters. The second-order valence-corrected chi connectivity index (χ2v) is 4.23. The van der Waals surface area contributed by atoms with Crippen LogP contribution in [0, 0.1) is 6.92 Å². The largest absolute Gasteiger partial charge is 0.317 e. The van der Waals surface area contributed by atoms with Crippen molar-refractivity contribution in [3.8, 4) is 0 Å². The Kier molecular flexibility index (Phi) is 4.82. The second kappa shape index (κ2) is 5.91. The summed E-state index contributed by atoms with van der Waals surface area (Å²) in [6, 6.07) is 2.76. The summed E-state index contributed by atoms with van der Waals surface area (Å²) in [5, 5.41) is 7.75. The number of nitrogens with zero attached hydrogens (tertiary/aromatic N) is 2. The van der Waals surface area contributed by atoms with E-state index in [0.29, 0.717) is 6.04 Å². The second-order valence-electron chi connectivity index (χ2n) is 4.23. The maximum atomic E-state index is 4.37. The third-order valence-corrected chi connectivity index (χ3v) is 2.87. The molecule has 0 amide bonds. The first-order valence-electron chi connectivity index (χ1n) is 5.84. The lowest BCUT2D eigenvalue weighted by atomic mass is 10.0. The maximum Gasteiger partial charge on any atom is 0.0596 e. The van der Waals surface area contributed by atoms with Gasteiger partial charge in [-0.25, -0.2) is 0 Å². The lowest BCUT2D eigenvalue weighted by Crippen LogP contribution is -2.28. The molecule has 0 bridgehead atoms. The molecule has 0 saturated carbocycles. The molecule has 0 saturated heterocycles. The molecule has 0 aliphatic heterocycles. The van der Waals surface area contributed by atoms with Crippen LogP contribution in [-0.4, -0.2) is 22.9 Å². The Morgan fingerprint density at radius 2 is 2.27 bits per heavy atom. The first kappa shape index (κ1) is 12.2. The minimum absolute atomic E-state index is 0.583. The average molecular weight is 209 g/mol. The lowest BCUT2D eigenvalue weighted by molar-refractivity contribution is 0.485. The van der Waals surface area contributed by atoms with E-state index in [0.717, 1.165) is 12.1 Å². The van der Waals surface area contributed by atoms with Gasteiger partial charge in [0, 0.05) is 25.2 Å². The Balaban J connectivity index is 2.54. The minimum Gasteiger partial charge on any atom is -0.317 e. The lowest BCUT2D eigenvalue weighted by Gasteiger charge is -2.15. The van der Waals surface area contributed by atoms with Crippen molar-refractivity contribution in [1.82, 2.24) is 15.1 Å². The molecule has 3 nitrogen and oxygen atoms in total. The van der Waals surface area contributed by atoms with Crippen LogP contribution in [0.25, 0.3) is 0 Å². The highest BCUT2D eigenvalue weighted by Gasteiger charge is 2.10. The van der Waals surface area contributed by atoms with Crippen molar-refractivity contribution >= 4 is 0 Å². The van der Waals surface area contributed by atoms with E-state index in [1.807, 2.05) is 25.7 Å². The number of likely N-dealkylation sites (N-methyl/N-ethyl adjacent to an activating group) is 1. The van der Waals surface area contributed by atoms with E-state index in [2.05, 4.69) is 23.4 Å². The number of unbranched alkanes of at least 4 members (excludes halogenated alkanes) is 1. The molecular formula is C12H23N3. The predicted octanol–water partition coefficient (Wildman–Crippen LogP) is 2.05. The Bertz CT molecular complexity index is 291. The summed E-state index contributed by atoms with van der Waals surface area (Å²) < 4.78 is 1.99. The van der Waals surface area contributed by atoms with Crippen LogP contribution in [0.2, 0.25) is 0 Å². The number of rotatable bonds is 6. The van der Waals surface area contributed by atoms with Gasteiger partial charge < -0.3 is 5.32 Å². The van der Waals surface area contributed by atoms with Gasteiger partial charge in [0.05, 0.1) is 5.69 Å². The first-order valence-corrected chi connectivity index (χ1v) is 5.84. The van der Waals surface area contributed by atoms with Gasteiger partial charge >= 0.3 is 0 Å². The third-order valence-electron chi connectivity index (χ3n) is 2.87. The van der Waals surface area contributed by atoms with Crippen molar-refractivity contribution in [2.75, 3.05) is 7.05 Å². The first-order chi connectivity index (χ1) is 7.17. The number of hydrogen-bond acceptors (Lipinski definition) is 2. The molecule has 15 heavy (non-hydrogen) atoms. The molecule has 1 N–H and O–H groups in total. The molecule has 0 radical (unpaired) electrons. The van der Waals surface area contributed by atoms with Gasteiger partial charge in [-0.05, 0) is 26.5 Å². The number of hydrogen-bond donors (Lipinski definition) is 1. The molecule has 0 aliphatic carbocycles. The van der Waals surface area contributed by atoms with Crippen LogP contribution in [0.3, 0.4) is 0 Å². The Morgan fingerprint density at radius 3 is 2.73 bits per heavy atom. The number of nitrogens with one attached hydrogen (secondary N) is 1. The van der Waals surface area contributed by atoms with E-state index in [1.54, 1.807) is 0 Å². The fourth-order valence-corrected chi connectivity index (χ4v) is 1.91. The molecule has 0 fully saturated rings. The van der Waals surface area contributed by atoms with Crippen LogP contribution in [0.15, 0.2) is 6.07 Å². The molecule has 0 aromatic carbocycles.